The first-order chi connectivity index (χ1) is 14.3. The summed E-state index contributed by atoms with van der Waals surface area (Å²) in [5, 5.41) is 8.28. The molecule has 0 N–H and O–H groups in total. The monoisotopic (exact) mass is 447 g/mol. The van der Waals surface area contributed by atoms with E-state index in [0.717, 1.165) is 28.3 Å². The summed E-state index contributed by atoms with van der Waals surface area (Å²) in [5.74, 6) is -0.993. The molecule has 0 unspecified atom stereocenters. The Morgan fingerprint density at radius 1 is 1.16 bits per heavy atom. The van der Waals surface area contributed by atoms with E-state index < -0.39 is 39.8 Å². The number of carbonyl (C=O) groups is 2. The van der Waals surface area contributed by atoms with Gasteiger partial charge < -0.3 is 0 Å². The second-order valence-electron chi connectivity index (χ2n) is 8.31. The minimum Gasteiger partial charge on any atom is -0.274 e. The number of nitrogens with zero attached hydrogens (tertiary/aromatic N) is 3. The van der Waals surface area contributed by atoms with Gasteiger partial charge in [0.05, 0.1) is 22.1 Å². The maximum atomic E-state index is 13.6. The molecular formula is C22H20F3N3O2S. The number of nitriles is 1. The van der Waals surface area contributed by atoms with Crippen LogP contribution in [0.3, 0.4) is 0 Å². The molecular weight excluding hydrogens is 427 g/mol. The maximum absolute atomic E-state index is 13.6. The first kappa shape index (κ1) is 22.8. The molecule has 9 heteroatoms. The number of rotatable bonds is 3. The summed E-state index contributed by atoms with van der Waals surface area (Å²) in [6, 6.07) is 9.26. The highest BCUT2D eigenvalue weighted by Crippen LogP contribution is 2.41. The number of carbonyl (C=O) groups excluding carboxylic acids is 2. The van der Waals surface area contributed by atoms with Crippen molar-refractivity contribution < 1.29 is 22.8 Å². The molecule has 2 amide bonds. The van der Waals surface area contributed by atoms with Gasteiger partial charge >= 0.3 is 6.18 Å². The number of imide groups is 1. The lowest BCUT2D eigenvalue weighted by Crippen LogP contribution is -2.31. The predicted molar refractivity (Wildman–Crippen MR) is 111 cm³/mol. The molecule has 1 aliphatic heterocycles. The molecule has 1 atom stereocenters. The van der Waals surface area contributed by atoms with Gasteiger partial charge in [0.1, 0.15) is 11.1 Å². The summed E-state index contributed by atoms with van der Waals surface area (Å²) in [6.07, 6.45) is -4.95. The molecule has 5 nitrogen and oxygen atoms in total. The number of pyridine rings is 1. The van der Waals surface area contributed by atoms with Crippen LogP contribution >= 0.6 is 11.8 Å². The van der Waals surface area contributed by atoms with Gasteiger partial charge in [-0.05, 0) is 25.1 Å². The van der Waals surface area contributed by atoms with Gasteiger partial charge in [0, 0.05) is 17.5 Å². The molecule has 0 aliphatic carbocycles. The van der Waals surface area contributed by atoms with E-state index in [1.807, 2.05) is 6.92 Å². The fraction of sp³-hybridized carbons (Fsp3) is 0.364. The summed E-state index contributed by atoms with van der Waals surface area (Å²) in [5.41, 5.74) is -0.947. The Morgan fingerprint density at radius 2 is 1.77 bits per heavy atom. The van der Waals surface area contributed by atoms with E-state index in [0.29, 0.717) is 5.69 Å². The topological polar surface area (TPSA) is 74.1 Å². The highest BCUT2D eigenvalue weighted by atomic mass is 32.2. The quantitative estimate of drug-likeness (QED) is 0.619. The third-order valence-electron chi connectivity index (χ3n) is 4.82. The van der Waals surface area contributed by atoms with Crippen LogP contribution in [0, 0.1) is 18.3 Å². The van der Waals surface area contributed by atoms with Crippen LogP contribution in [0.2, 0.25) is 0 Å². The number of hydrogen-bond donors (Lipinski definition) is 0. The average molecular weight is 447 g/mol. The van der Waals surface area contributed by atoms with Crippen LogP contribution < -0.4 is 4.90 Å². The minimum atomic E-state index is -4.76. The van der Waals surface area contributed by atoms with Crippen LogP contribution in [-0.2, 0) is 21.2 Å². The first-order valence-electron chi connectivity index (χ1n) is 9.46. The molecule has 31 heavy (non-hydrogen) atoms. The van der Waals surface area contributed by atoms with Gasteiger partial charge in [-0.15, -0.1) is 0 Å². The molecule has 1 aromatic heterocycles. The lowest BCUT2D eigenvalue weighted by atomic mass is 9.90. The van der Waals surface area contributed by atoms with Gasteiger partial charge in [-0.25, -0.2) is 9.88 Å². The van der Waals surface area contributed by atoms with E-state index in [9.17, 15) is 28.0 Å². The van der Waals surface area contributed by atoms with Crippen molar-refractivity contribution in [1.82, 2.24) is 4.98 Å². The Kier molecular flexibility index (Phi) is 5.89. The molecule has 1 aliphatic rings. The van der Waals surface area contributed by atoms with E-state index in [-0.39, 0.29) is 17.1 Å². The zero-order valence-corrected chi connectivity index (χ0v) is 18.2. The second-order valence-corrected chi connectivity index (χ2v) is 9.50. The van der Waals surface area contributed by atoms with Crippen LogP contribution in [0.4, 0.5) is 18.9 Å². The number of benzene rings is 1. The third kappa shape index (κ3) is 4.59. The van der Waals surface area contributed by atoms with Crippen LogP contribution in [0.15, 0.2) is 35.4 Å². The van der Waals surface area contributed by atoms with Crippen LogP contribution in [0.5, 0.6) is 0 Å². The number of aromatic nitrogens is 1. The fourth-order valence-electron chi connectivity index (χ4n) is 3.12. The van der Waals surface area contributed by atoms with E-state index in [1.54, 1.807) is 51.1 Å². The van der Waals surface area contributed by atoms with Gasteiger partial charge in [0.2, 0.25) is 11.8 Å². The second kappa shape index (κ2) is 8.00. The number of alkyl halides is 3. The zero-order chi connectivity index (χ0) is 23.1. The highest BCUT2D eigenvalue weighted by Gasteiger charge is 2.42. The summed E-state index contributed by atoms with van der Waals surface area (Å²) < 4.78 is 40.9. The molecule has 162 valence electrons. The Hall–Kier alpha value is -2.86. The van der Waals surface area contributed by atoms with E-state index in [1.165, 1.54) is 0 Å². The molecule has 1 fully saturated rings. The van der Waals surface area contributed by atoms with Crippen molar-refractivity contribution in [2.24, 2.45) is 0 Å². The van der Waals surface area contributed by atoms with Crippen LogP contribution in [0.25, 0.3) is 0 Å². The zero-order valence-electron chi connectivity index (χ0n) is 17.4. The van der Waals surface area contributed by atoms with Crippen molar-refractivity contribution in [2.45, 2.75) is 56.0 Å². The summed E-state index contributed by atoms with van der Waals surface area (Å²) >= 11 is 0.731. The summed E-state index contributed by atoms with van der Waals surface area (Å²) in [7, 11) is 0. The smallest absolute Gasteiger partial charge is 0.274 e. The Morgan fingerprint density at radius 3 is 2.29 bits per heavy atom. The normalized spacial score (nSPS) is 17.2. The number of anilines is 1. The highest BCUT2D eigenvalue weighted by molar-refractivity contribution is 8.00. The first-order valence-corrected chi connectivity index (χ1v) is 10.3. The van der Waals surface area contributed by atoms with Gasteiger partial charge in [-0.3, -0.25) is 9.59 Å². The van der Waals surface area contributed by atoms with Gasteiger partial charge in [0.25, 0.3) is 0 Å². The van der Waals surface area contributed by atoms with Gasteiger partial charge in [-0.2, -0.15) is 18.4 Å². The fourth-order valence-corrected chi connectivity index (χ4v) is 4.24. The molecule has 0 spiro atoms. The van der Waals surface area contributed by atoms with Gasteiger partial charge in [-0.1, -0.05) is 50.2 Å². The molecule has 0 saturated carbocycles. The number of halogens is 3. The minimum absolute atomic E-state index is 0.147. The number of hydrogen-bond acceptors (Lipinski definition) is 5. The molecule has 2 aromatic rings. The lowest BCUT2D eigenvalue weighted by molar-refractivity contribution is -0.138. The lowest BCUT2D eigenvalue weighted by Gasteiger charge is -2.22. The summed E-state index contributed by atoms with van der Waals surface area (Å²) in [4.78, 5) is 30.7. The van der Waals surface area contributed by atoms with Crippen LogP contribution in [0.1, 0.15) is 49.6 Å². The summed E-state index contributed by atoms with van der Waals surface area (Å²) in [6.45, 7) is 6.99. The SMILES string of the molecule is Cc1ccc(N2C(=O)C[C@@H](Sc3nc(C(C)(C)C)cc(C(F)(F)F)c3C#N)C2=O)cc1. The average Bonchev–Trinajstić information content (AvgIpc) is 2.94. The number of thioether (sulfide) groups is 1. The van der Waals surface area contributed by atoms with Crippen molar-refractivity contribution >= 4 is 29.3 Å². The predicted octanol–water partition coefficient (Wildman–Crippen LogP) is 5.00. The van der Waals surface area contributed by atoms with Crippen molar-refractivity contribution in [1.29, 1.82) is 5.26 Å². The van der Waals surface area contributed by atoms with Crippen molar-refractivity contribution in [3.05, 3.63) is 52.7 Å². The number of amides is 2. The largest absolute Gasteiger partial charge is 0.417 e. The molecule has 0 bridgehead atoms. The molecule has 2 heterocycles. The van der Waals surface area contributed by atoms with E-state index in [2.05, 4.69) is 4.98 Å². The maximum Gasteiger partial charge on any atom is 0.417 e. The van der Waals surface area contributed by atoms with Gasteiger partial charge in [0.15, 0.2) is 0 Å². The van der Waals surface area contributed by atoms with Crippen molar-refractivity contribution in [2.75, 3.05) is 4.90 Å². The third-order valence-corrected chi connectivity index (χ3v) is 5.99. The Balaban J connectivity index is 2.02. The van der Waals surface area contributed by atoms with Crippen molar-refractivity contribution in [3.63, 3.8) is 0 Å². The molecule has 3 rings (SSSR count). The van der Waals surface area contributed by atoms with Crippen molar-refractivity contribution in [3.8, 4) is 6.07 Å². The number of aryl methyl sites for hydroxylation is 1. The van der Waals surface area contributed by atoms with Crippen LogP contribution in [-0.4, -0.2) is 22.0 Å². The Bertz CT molecular complexity index is 1080. The molecule has 1 saturated heterocycles. The molecule has 0 radical (unpaired) electrons. The van der Waals surface area contributed by atoms with E-state index >= 15 is 0 Å². The standard InChI is InChI=1S/C22H20F3N3O2S/c1-12-5-7-13(8-6-12)28-18(29)10-16(20(28)30)31-19-14(11-26)15(22(23,24)25)9-17(27-19)21(2,3)4/h5-9,16H,10H2,1-4H3/t16-/m1/s1. The van der Waals surface area contributed by atoms with E-state index in [4.69, 9.17) is 0 Å². The Labute approximate surface area is 182 Å². The molecule has 1 aromatic carbocycles.